The van der Waals surface area contributed by atoms with E-state index >= 15 is 0 Å². The van der Waals surface area contributed by atoms with Crippen LogP contribution in [0.25, 0.3) is 0 Å². The van der Waals surface area contributed by atoms with Gasteiger partial charge in [0.2, 0.25) is 0 Å². The van der Waals surface area contributed by atoms with E-state index in [1.54, 1.807) is 0 Å². The predicted molar refractivity (Wildman–Crippen MR) is 121 cm³/mol. The summed E-state index contributed by atoms with van der Waals surface area (Å²) in [5, 5.41) is 8.03. The van der Waals surface area contributed by atoms with Crippen molar-refractivity contribution in [3.8, 4) is 0 Å². The molecule has 0 spiro atoms. The summed E-state index contributed by atoms with van der Waals surface area (Å²) in [4.78, 5) is 0. The molecule has 0 radical (unpaired) electrons. The Balaban J connectivity index is 3.01. The predicted octanol–water partition coefficient (Wildman–Crippen LogP) is 5.90. The highest BCUT2D eigenvalue weighted by molar-refractivity contribution is 8.14. The Morgan fingerprint density at radius 3 is 1.08 bits per heavy atom. The molecule has 0 saturated heterocycles. The van der Waals surface area contributed by atoms with Crippen LogP contribution in [0.3, 0.4) is 0 Å². The SMILES string of the molecule is CC(C)P(=S)(N[C@H]1CCCC[C@@H]1NP(=S)(C(C)C)C(C)C)C(C)C. The van der Waals surface area contributed by atoms with Crippen molar-refractivity contribution in [3.63, 3.8) is 0 Å². The van der Waals surface area contributed by atoms with E-state index in [9.17, 15) is 0 Å². The molecule has 2 nitrogen and oxygen atoms in total. The Hall–Kier alpha value is 1.22. The first-order valence-corrected chi connectivity index (χ1v) is 15.6. The minimum Gasteiger partial charge on any atom is -0.284 e. The summed E-state index contributed by atoms with van der Waals surface area (Å²) in [7, 11) is 0. The maximum atomic E-state index is 6.18. The Kier molecular flexibility index (Phi) is 9.14. The van der Waals surface area contributed by atoms with Gasteiger partial charge >= 0.3 is 0 Å². The zero-order chi connectivity index (χ0) is 18.7. The molecule has 0 amide bonds. The van der Waals surface area contributed by atoms with Gasteiger partial charge in [0.25, 0.3) is 0 Å². The van der Waals surface area contributed by atoms with Gasteiger partial charge in [-0.15, -0.1) is 0 Å². The molecule has 0 heterocycles. The second-order valence-electron chi connectivity index (χ2n) is 8.55. The summed E-state index contributed by atoms with van der Waals surface area (Å²) >= 11 is 12.4. The second kappa shape index (κ2) is 9.43. The molecule has 2 N–H and O–H groups in total. The first-order chi connectivity index (χ1) is 10.9. The molecule has 6 heteroatoms. The summed E-state index contributed by atoms with van der Waals surface area (Å²) in [5.41, 5.74) is 2.20. The van der Waals surface area contributed by atoms with Crippen molar-refractivity contribution in [1.82, 2.24) is 10.2 Å². The van der Waals surface area contributed by atoms with Gasteiger partial charge in [0.05, 0.1) is 0 Å². The lowest BCUT2D eigenvalue weighted by Gasteiger charge is -2.44. The third-order valence-corrected chi connectivity index (χ3v) is 18.9. The van der Waals surface area contributed by atoms with Gasteiger partial charge < -0.3 is 0 Å². The van der Waals surface area contributed by atoms with Crippen LogP contribution in [-0.2, 0) is 23.6 Å². The van der Waals surface area contributed by atoms with Gasteiger partial charge in [0.15, 0.2) is 0 Å². The van der Waals surface area contributed by atoms with E-state index in [-0.39, 0.29) is 0 Å². The summed E-state index contributed by atoms with van der Waals surface area (Å²) in [5.74, 6) is 0. The third kappa shape index (κ3) is 5.37. The molecule has 24 heavy (non-hydrogen) atoms. The van der Waals surface area contributed by atoms with Gasteiger partial charge in [-0.3, -0.25) is 10.2 Å². The molecular weight excluding hydrogens is 370 g/mol. The molecule has 0 aliphatic heterocycles. The summed E-state index contributed by atoms with van der Waals surface area (Å²) in [6.07, 6.45) is 1.98. The standard InChI is InChI=1S/C18H40N2P2S2/c1-13(2)21(23,14(3)4)19-17-11-9-10-12-18(17)20-22(24,15(5)6)16(7)8/h13-18H,9-12H2,1-8H3,(H,19,23)(H,20,24)/t17-,18-/m0/s1. The minimum absolute atomic E-state index is 0.495. The normalized spacial score (nSPS) is 23.7. The lowest BCUT2D eigenvalue weighted by atomic mass is 9.92. The lowest BCUT2D eigenvalue weighted by molar-refractivity contribution is 0.347. The van der Waals surface area contributed by atoms with Crippen LogP contribution in [-0.4, -0.2) is 34.7 Å². The van der Waals surface area contributed by atoms with E-state index < -0.39 is 12.4 Å². The number of hydrogen-bond acceptors (Lipinski definition) is 2. The molecule has 1 saturated carbocycles. The highest BCUT2D eigenvalue weighted by Gasteiger charge is 2.36. The van der Waals surface area contributed by atoms with Crippen LogP contribution < -0.4 is 10.2 Å². The Morgan fingerprint density at radius 2 is 0.875 bits per heavy atom. The summed E-state index contributed by atoms with van der Waals surface area (Å²) in [6, 6.07) is 0.989. The molecule has 0 bridgehead atoms. The zero-order valence-electron chi connectivity index (χ0n) is 17.0. The Bertz CT molecular complexity index is 421. The number of rotatable bonds is 8. The molecule has 0 aromatic heterocycles. The fourth-order valence-corrected chi connectivity index (χ4v) is 9.79. The van der Waals surface area contributed by atoms with Crippen molar-refractivity contribution in [2.24, 2.45) is 0 Å². The van der Waals surface area contributed by atoms with Gasteiger partial charge in [0.1, 0.15) is 0 Å². The first-order valence-electron chi connectivity index (χ1n) is 9.69. The van der Waals surface area contributed by atoms with Crippen LogP contribution in [0, 0.1) is 0 Å². The molecule has 2 atom stereocenters. The van der Waals surface area contributed by atoms with Crippen LogP contribution >= 0.6 is 12.4 Å². The molecule has 0 aromatic rings. The second-order valence-corrected chi connectivity index (χ2v) is 19.7. The largest absolute Gasteiger partial charge is 0.284 e. The van der Waals surface area contributed by atoms with Crippen molar-refractivity contribution in [3.05, 3.63) is 0 Å². The van der Waals surface area contributed by atoms with Crippen molar-refractivity contribution < 1.29 is 0 Å². The van der Waals surface area contributed by atoms with E-state index in [1.165, 1.54) is 25.7 Å². The minimum atomic E-state index is -1.56. The van der Waals surface area contributed by atoms with Crippen molar-refractivity contribution in [2.75, 3.05) is 0 Å². The zero-order valence-corrected chi connectivity index (χ0v) is 20.4. The summed E-state index contributed by atoms with van der Waals surface area (Å²) in [6.45, 7) is 18.4. The van der Waals surface area contributed by atoms with E-state index in [4.69, 9.17) is 23.6 Å². The van der Waals surface area contributed by atoms with E-state index in [0.29, 0.717) is 34.7 Å². The van der Waals surface area contributed by atoms with Crippen LogP contribution in [0.4, 0.5) is 0 Å². The van der Waals surface area contributed by atoms with Crippen LogP contribution in [0.15, 0.2) is 0 Å². The van der Waals surface area contributed by atoms with Gasteiger partial charge in [-0.2, -0.15) is 0 Å². The molecule has 144 valence electrons. The molecule has 1 fully saturated rings. The van der Waals surface area contributed by atoms with Gasteiger partial charge in [-0.05, 0) is 35.5 Å². The molecular formula is C18H40N2P2S2. The monoisotopic (exact) mass is 410 g/mol. The van der Waals surface area contributed by atoms with Gasteiger partial charge in [-0.1, -0.05) is 91.8 Å². The highest BCUT2D eigenvalue weighted by atomic mass is 32.4. The maximum Gasteiger partial charge on any atom is 0.0267 e. The first kappa shape index (κ1) is 23.3. The third-order valence-electron chi connectivity index (χ3n) is 5.57. The van der Waals surface area contributed by atoms with Crippen LogP contribution in [0.2, 0.25) is 0 Å². The number of hydrogen-bond donors (Lipinski definition) is 2. The molecule has 0 aromatic carbocycles. The lowest BCUT2D eigenvalue weighted by Crippen LogP contribution is -2.50. The maximum absolute atomic E-state index is 6.18. The van der Waals surface area contributed by atoms with Gasteiger partial charge in [0, 0.05) is 24.5 Å². The fourth-order valence-electron chi connectivity index (χ4n) is 3.75. The molecule has 1 aliphatic carbocycles. The summed E-state index contributed by atoms with van der Waals surface area (Å²) < 4.78 is 0. The van der Waals surface area contributed by atoms with Crippen LogP contribution in [0.1, 0.15) is 81.1 Å². The van der Waals surface area contributed by atoms with Crippen molar-refractivity contribution >= 4 is 36.0 Å². The quantitative estimate of drug-likeness (QED) is 0.487. The van der Waals surface area contributed by atoms with E-state index in [0.717, 1.165) is 0 Å². The topological polar surface area (TPSA) is 24.1 Å². The molecule has 0 unspecified atom stereocenters. The molecule has 1 rings (SSSR count). The Morgan fingerprint density at radius 1 is 0.625 bits per heavy atom. The fraction of sp³-hybridized carbons (Fsp3) is 1.00. The molecule has 1 aliphatic rings. The van der Waals surface area contributed by atoms with E-state index in [2.05, 4.69) is 65.6 Å². The van der Waals surface area contributed by atoms with Crippen molar-refractivity contribution in [2.45, 2.75) is 116 Å². The highest BCUT2D eigenvalue weighted by Crippen LogP contribution is 2.55. The Labute approximate surface area is 161 Å². The van der Waals surface area contributed by atoms with Gasteiger partial charge in [-0.25, -0.2) is 0 Å². The van der Waals surface area contributed by atoms with E-state index in [1.807, 2.05) is 0 Å². The van der Waals surface area contributed by atoms with Crippen LogP contribution in [0.5, 0.6) is 0 Å². The average molecular weight is 411 g/mol. The average Bonchev–Trinajstić information content (AvgIpc) is 2.48. The smallest absolute Gasteiger partial charge is 0.0267 e. The number of nitrogens with one attached hydrogen (secondary N) is 2. The van der Waals surface area contributed by atoms with Crippen molar-refractivity contribution in [1.29, 1.82) is 0 Å².